The van der Waals surface area contributed by atoms with Crippen LogP contribution in [0.25, 0.3) is 20.9 Å². The number of nitrogens with one attached hydrogen (secondary N) is 2. The molecule has 0 unspecified atom stereocenters. The number of thiophene rings is 1. The number of aromatic nitrogens is 3. The van der Waals surface area contributed by atoms with Crippen molar-refractivity contribution in [3.05, 3.63) is 23.0 Å². The van der Waals surface area contributed by atoms with Crippen LogP contribution in [0.15, 0.2) is 23.0 Å². The fourth-order valence-electron chi connectivity index (χ4n) is 3.30. The molecule has 1 amide bonds. The van der Waals surface area contributed by atoms with E-state index < -0.39 is 0 Å². The lowest BCUT2D eigenvalue weighted by atomic mass is 9.89. The summed E-state index contributed by atoms with van der Waals surface area (Å²) in [6, 6.07) is 1.99. The minimum Gasteiger partial charge on any atom is -0.354 e. The molecule has 3 aromatic heterocycles. The highest BCUT2D eigenvalue weighted by molar-refractivity contribution is 7.18. The van der Waals surface area contributed by atoms with E-state index in [0.717, 1.165) is 33.8 Å². The topological polar surface area (TPSA) is 79.8 Å². The number of fused-ring (bicyclic) bond motifs is 1. The average Bonchev–Trinajstić information content (AvgIpc) is 3.36. The lowest BCUT2D eigenvalue weighted by Crippen LogP contribution is -2.35. The molecule has 3 heterocycles. The third-order valence-corrected chi connectivity index (χ3v) is 6.31. The number of hydrogen-bond acceptors (Lipinski definition) is 7. The summed E-state index contributed by atoms with van der Waals surface area (Å²) in [6.45, 7) is 1.18. The van der Waals surface area contributed by atoms with Gasteiger partial charge in [-0.05, 0) is 24.3 Å². The van der Waals surface area contributed by atoms with Crippen LogP contribution in [0.3, 0.4) is 0 Å². The van der Waals surface area contributed by atoms with Crippen LogP contribution in [-0.4, -0.2) is 33.9 Å². The van der Waals surface area contributed by atoms with Gasteiger partial charge in [0.05, 0.1) is 10.2 Å². The SMILES string of the molecule is O=C(NCCNc1nc(-c2nccs2)c2sccc2n1)C1CCCCC1. The average molecular weight is 388 g/mol. The van der Waals surface area contributed by atoms with Crippen molar-refractivity contribution >= 4 is 44.7 Å². The second-order valence-corrected chi connectivity index (χ2v) is 8.23. The summed E-state index contributed by atoms with van der Waals surface area (Å²) in [6.07, 6.45) is 7.43. The predicted octanol–water partition coefficient (Wildman–Crippen LogP) is 3.92. The minimum atomic E-state index is 0.184. The first-order valence-electron chi connectivity index (χ1n) is 8.98. The zero-order valence-corrected chi connectivity index (χ0v) is 16.0. The summed E-state index contributed by atoms with van der Waals surface area (Å²) in [4.78, 5) is 25.8. The molecular weight excluding hydrogens is 366 g/mol. The molecule has 1 saturated carbocycles. The molecule has 3 aromatic rings. The number of carbonyl (C=O) groups is 1. The molecule has 0 radical (unpaired) electrons. The number of hydrogen-bond donors (Lipinski definition) is 2. The van der Waals surface area contributed by atoms with Gasteiger partial charge in [-0.3, -0.25) is 4.79 Å². The summed E-state index contributed by atoms with van der Waals surface area (Å²) in [5.74, 6) is 0.954. The van der Waals surface area contributed by atoms with Crippen LogP contribution in [0.5, 0.6) is 0 Å². The molecular formula is C18H21N5OS2. The number of nitrogens with zero attached hydrogens (tertiary/aromatic N) is 3. The third-order valence-electron chi connectivity index (χ3n) is 4.62. The Bertz CT molecular complexity index is 871. The van der Waals surface area contributed by atoms with Gasteiger partial charge in [-0.2, -0.15) is 0 Å². The van der Waals surface area contributed by atoms with Crippen LogP contribution in [0.4, 0.5) is 5.95 Å². The second kappa shape index (κ2) is 8.09. The third kappa shape index (κ3) is 3.86. The Kier molecular flexibility index (Phi) is 5.40. The molecule has 26 heavy (non-hydrogen) atoms. The van der Waals surface area contributed by atoms with E-state index in [1.165, 1.54) is 19.3 Å². The number of amides is 1. The second-order valence-electron chi connectivity index (χ2n) is 6.42. The fourth-order valence-corrected chi connectivity index (χ4v) is 4.81. The maximum absolute atomic E-state index is 12.2. The summed E-state index contributed by atoms with van der Waals surface area (Å²) >= 11 is 3.20. The van der Waals surface area contributed by atoms with E-state index >= 15 is 0 Å². The molecule has 6 nitrogen and oxygen atoms in total. The Hall–Kier alpha value is -2.06. The Morgan fingerprint density at radius 1 is 1.12 bits per heavy atom. The maximum Gasteiger partial charge on any atom is 0.224 e. The van der Waals surface area contributed by atoms with Crippen LogP contribution in [0, 0.1) is 5.92 Å². The van der Waals surface area contributed by atoms with E-state index in [0.29, 0.717) is 19.0 Å². The number of carbonyl (C=O) groups excluding carboxylic acids is 1. The molecule has 136 valence electrons. The first-order valence-corrected chi connectivity index (χ1v) is 10.7. The quantitative estimate of drug-likeness (QED) is 0.627. The monoisotopic (exact) mass is 387 g/mol. The number of thiazole rings is 1. The van der Waals surface area contributed by atoms with Gasteiger partial charge in [0, 0.05) is 30.6 Å². The molecule has 2 N–H and O–H groups in total. The van der Waals surface area contributed by atoms with Crippen LogP contribution in [0.2, 0.25) is 0 Å². The molecule has 0 spiro atoms. The van der Waals surface area contributed by atoms with E-state index in [9.17, 15) is 4.79 Å². The molecule has 0 atom stereocenters. The highest BCUT2D eigenvalue weighted by atomic mass is 32.1. The summed E-state index contributed by atoms with van der Waals surface area (Å²) in [5, 5.41) is 11.1. The first kappa shape index (κ1) is 17.4. The van der Waals surface area contributed by atoms with Crippen molar-refractivity contribution in [1.29, 1.82) is 0 Å². The normalized spacial score (nSPS) is 15.2. The Morgan fingerprint density at radius 2 is 2.00 bits per heavy atom. The maximum atomic E-state index is 12.2. The first-order chi connectivity index (χ1) is 12.8. The van der Waals surface area contributed by atoms with Gasteiger partial charge in [0.15, 0.2) is 0 Å². The van der Waals surface area contributed by atoms with E-state index in [1.54, 1.807) is 28.9 Å². The highest BCUT2D eigenvalue weighted by Crippen LogP contribution is 2.32. The lowest BCUT2D eigenvalue weighted by Gasteiger charge is -2.20. The van der Waals surface area contributed by atoms with Crippen molar-refractivity contribution in [2.45, 2.75) is 32.1 Å². The molecule has 0 aromatic carbocycles. The largest absolute Gasteiger partial charge is 0.354 e. The highest BCUT2D eigenvalue weighted by Gasteiger charge is 2.20. The van der Waals surface area contributed by atoms with Gasteiger partial charge in [0.25, 0.3) is 0 Å². The van der Waals surface area contributed by atoms with Crippen molar-refractivity contribution in [3.8, 4) is 10.7 Å². The Morgan fingerprint density at radius 3 is 2.81 bits per heavy atom. The number of anilines is 1. The molecule has 1 fully saturated rings. The zero-order chi connectivity index (χ0) is 17.8. The van der Waals surface area contributed by atoms with E-state index in [-0.39, 0.29) is 11.8 Å². The minimum absolute atomic E-state index is 0.184. The Labute approximate surface area is 160 Å². The summed E-state index contributed by atoms with van der Waals surface area (Å²) in [5.41, 5.74) is 1.79. The van der Waals surface area contributed by atoms with E-state index in [1.807, 2.05) is 16.8 Å². The molecule has 4 rings (SSSR count). The van der Waals surface area contributed by atoms with Gasteiger partial charge >= 0.3 is 0 Å². The van der Waals surface area contributed by atoms with Crippen molar-refractivity contribution in [2.24, 2.45) is 5.92 Å². The molecule has 1 aliphatic rings. The summed E-state index contributed by atoms with van der Waals surface area (Å²) in [7, 11) is 0. The van der Waals surface area contributed by atoms with Crippen molar-refractivity contribution in [1.82, 2.24) is 20.3 Å². The van der Waals surface area contributed by atoms with Gasteiger partial charge in [-0.25, -0.2) is 15.0 Å². The fraction of sp³-hybridized carbons (Fsp3) is 0.444. The summed E-state index contributed by atoms with van der Waals surface area (Å²) < 4.78 is 1.05. The van der Waals surface area contributed by atoms with E-state index in [4.69, 9.17) is 0 Å². The van der Waals surface area contributed by atoms with E-state index in [2.05, 4.69) is 25.6 Å². The predicted molar refractivity (Wildman–Crippen MR) is 107 cm³/mol. The van der Waals surface area contributed by atoms with Gasteiger partial charge in [-0.1, -0.05) is 19.3 Å². The van der Waals surface area contributed by atoms with Crippen molar-refractivity contribution in [3.63, 3.8) is 0 Å². The molecule has 0 aliphatic heterocycles. The molecule has 1 aliphatic carbocycles. The van der Waals surface area contributed by atoms with Crippen LogP contribution in [0.1, 0.15) is 32.1 Å². The van der Waals surface area contributed by atoms with Gasteiger partial charge < -0.3 is 10.6 Å². The van der Waals surface area contributed by atoms with Crippen molar-refractivity contribution in [2.75, 3.05) is 18.4 Å². The lowest BCUT2D eigenvalue weighted by molar-refractivity contribution is -0.125. The van der Waals surface area contributed by atoms with Gasteiger partial charge in [-0.15, -0.1) is 22.7 Å². The smallest absolute Gasteiger partial charge is 0.224 e. The zero-order valence-electron chi connectivity index (χ0n) is 14.4. The van der Waals surface area contributed by atoms with Crippen LogP contribution >= 0.6 is 22.7 Å². The Balaban J connectivity index is 1.38. The molecule has 8 heteroatoms. The van der Waals surface area contributed by atoms with Crippen LogP contribution in [-0.2, 0) is 4.79 Å². The van der Waals surface area contributed by atoms with Crippen molar-refractivity contribution < 1.29 is 4.79 Å². The standard InChI is InChI=1S/C18H21N5OS2/c24-16(12-4-2-1-3-5-12)19-7-8-21-18-22-13-6-10-25-15(13)14(23-18)17-20-9-11-26-17/h6,9-12H,1-5,7-8H2,(H,19,24)(H,21,22,23). The van der Waals surface area contributed by atoms with Crippen LogP contribution < -0.4 is 10.6 Å². The molecule has 0 bridgehead atoms. The number of rotatable bonds is 6. The molecule has 0 saturated heterocycles. The van der Waals surface area contributed by atoms with Gasteiger partial charge in [0.1, 0.15) is 10.7 Å². The van der Waals surface area contributed by atoms with Gasteiger partial charge in [0.2, 0.25) is 11.9 Å².